The van der Waals surface area contributed by atoms with Crippen LogP contribution in [0.3, 0.4) is 0 Å². The van der Waals surface area contributed by atoms with E-state index in [9.17, 15) is 4.79 Å². The lowest BCUT2D eigenvalue weighted by molar-refractivity contribution is -0.275. The third-order valence-corrected chi connectivity index (χ3v) is 3.46. The minimum atomic E-state index is -0.832. The summed E-state index contributed by atoms with van der Waals surface area (Å²) in [5, 5.41) is 8.68. The third kappa shape index (κ3) is 8.36. The van der Waals surface area contributed by atoms with Crippen molar-refractivity contribution in [3.63, 3.8) is 0 Å². The second-order valence-corrected chi connectivity index (χ2v) is 5.19. The molecule has 1 aliphatic rings. The molecule has 0 spiro atoms. The van der Waals surface area contributed by atoms with E-state index in [4.69, 9.17) is 24.1 Å². The van der Waals surface area contributed by atoms with Gasteiger partial charge in [-0.15, -0.1) is 0 Å². The minimum absolute atomic E-state index is 0.0413. The number of aliphatic carboxylic acids is 1. The fourth-order valence-corrected chi connectivity index (χ4v) is 2.23. The van der Waals surface area contributed by atoms with E-state index in [0.717, 1.165) is 32.1 Å². The summed E-state index contributed by atoms with van der Waals surface area (Å²) < 4.78 is 20.7. The highest BCUT2D eigenvalue weighted by molar-refractivity contribution is 5.75. The van der Waals surface area contributed by atoms with Crippen LogP contribution in [-0.4, -0.2) is 50.1 Å². The van der Waals surface area contributed by atoms with Crippen molar-refractivity contribution in [1.29, 1.82) is 0 Å². The van der Waals surface area contributed by atoms with Crippen LogP contribution in [0.15, 0.2) is 0 Å². The molecule has 1 rings (SSSR count). The van der Waals surface area contributed by atoms with Gasteiger partial charge in [-0.2, -0.15) is 0 Å². The quantitative estimate of drug-likeness (QED) is 0.302. The van der Waals surface area contributed by atoms with Crippen LogP contribution in [0.5, 0.6) is 0 Å². The number of carboxylic acids is 1. The second kappa shape index (κ2) is 11.0. The summed E-state index contributed by atoms with van der Waals surface area (Å²) in [6.45, 7) is 2.58. The zero-order valence-electron chi connectivity index (χ0n) is 13.1. The van der Waals surface area contributed by atoms with Gasteiger partial charge in [0.15, 0.2) is 6.10 Å². The summed E-state index contributed by atoms with van der Waals surface area (Å²) in [6.07, 6.45) is 6.92. The number of methoxy groups -OCH3 is 1. The summed E-state index contributed by atoms with van der Waals surface area (Å²) in [4.78, 5) is 10.6. The molecule has 1 unspecified atom stereocenters. The molecule has 6 nitrogen and oxygen atoms in total. The SMILES string of the molecule is CCOC(OC)OCCCCCCCC[C@@H]1O[C@H]1C(=O)O. The molecule has 21 heavy (non-hydrogen) atoms. The topological polar surface area (TPSA) is 77.5 Å². The summed E-state index contributed by atoms with van der Waals surface area (Å²) in [6, 6.07) is 0. The lowest BCUT2D eigenvalue weighted by atomic mass is 10.1. The number of rotatable bonds is 14. The number of carbonyl (C=O) groups is 1. The predicted molar refractivity (Wildman–Crippen MR) is 77.0 cm³/mol. The molecule has 124 valence electrons. The van der Waals surface area contributed by atoms with E-state index in [0.29, 0.717) is 13.2 Å². The minimum Gasteiger partial charge on any atom is -0.479 e. The third-order valence-electron chi connectivity index (χ3n) is 3.46. The zero-order valence-corrected chi connectivity index (χ0v) is 13.1. The van der Waals surface area contributed by atoms with Crippen molar-refractivity contribution in [3.05, 3.63) is 0 Å². The first-order chi connectivity index (χ1) is 10.2. The van der Waals surface area contributed by atoms with E-state index >= 15 is 0 Å². The first-order valence-electron chi connectivity index (χ1n) is 7.83. The van der Waals surface area contributed by atoms with Crippen LogP contribution >= 0.6 is 0 Å². The first kappa shape index (κ1) is 18.4. The van der Waals surface area contributed by atoms with Gasteiger partial charge in [0.25, 0.3) is 6.48 Å². The van der Waals surface area contributed by atoms with Crippen LogP contribution in [-0.2, 0) is 23.7 Å². The molecule has 0 aromatic heterocycles. The van der Waals surface area contributed by atoms with Gasteiger partial charge < -0.3 is 24.1 Å². The Bertz CT molecular complexity index is 283. The van der Waals surface area contributed by atoms with Crippen molar-refractivity contribution in [3.8, 4) is 0 Å². The van der Waals surface area contributed by atoms with Crippen LogP contribution < -0.4 is 0 Å². The molecule has 1 fully saturated rings. The Labute approximate surface area is 126 Å². The van der Waals surface area contributed by atoms with Crippen LogP contribution in [0.1, 0.15) is 51.9 Å². The fraction of sp³-hybridized carbons (Fsp3) is 0.933. The molecule has 1 heterocycles. The Morgan fingerprint density at radius 3 is 2.38 bits per heavy atom. The van der Waals surface area contributed by atoms with Crippen molar-refractivity contribution in [2.24, 2.45) is 0 Å². The van der Waals surface area contributed by atoms with Crippen LogP contribution in [0.2, 0.25) is 0 Å². The zero-order chi connectivity index (χ0) is 15.5. The van der Waals surface area contributed by atoms with Gasteiger partial charge >= 0.3 is 5.97 Å². The molecule has 1 saturated heterocycles. The van der Waals surface area contributed by atoms with E-state index in [2.05, 4.69) is 0 Å². The lowest BCUT2D eigenvalue weighted by Crippen LogP contribution is -2.19. The highest BCUT2D eigenvalue weighted by Gasteiger charge is 2.44. The number of hydrogen-bond donors (Lipinski definition) is 1. The van der Waals surface area contributed by atoms with Crippen LogP contribution in [0.25, 0.3) is 0 Å². The van der Waals surface area contributed by atoms with Crippen molar-refractivity contribution in [2.45, 2.75) is 70.6 Å². The number of carboxylic acid groups (broad SMARTS) is 1. The molecule has 0 amide bonds. The average molecular weight is 304 g/mol. The first-order valence-corrected chi connectivity index (χ1v) is 7.83. The monoisotopic (exact) mass is 304 g/mol. The summed E-state index contributed by atoms with van der Waals surface area (Å²) in [5.41, 5.74) is 0. The highest BCUT2D eigenvalue weighted by atomic mass is 16.8. The maximum atomic E-state index is 10.6. The van der Waals surface area contributed by atoms with Gasteiger partial charge in [-0.25, -0.2) is 4.79 Å². The number of unbranched alkanes of at least 4 members (excludes halogenated alkanes) is 5. The second-order valence-electron chi connectivity index (χ2n) is 5.19. The van der Waals surface area contributed by atoms with E-state index in [1.165, 1.54) is 12.8 Å². The van der Waals surface area contributed by atoms with Gasteiger partial charge in [0, 0.05) is 13.7 Å². The smallest absolute Gasteiger partial charge is 0.335 e. The maximum absolute atomic E-state index is 10.6. The van der Waals surface area contributed by atoms with Gasteiger partial charge in [0.1, 0.15) is 0 Å². The number of ether oxygens (including phenoxy) is 4. The number of epoxide rings is 1. The standard InChI is InChI=1S/C15H28O6/c1-3-19-15(18-2)20-11-9-7-5-4-6-8-10-12-13(21-12)14(16)17/h12-13,15H,3-11H2,1-2H3,(H,16,17)/t12-,13+,15?/m0/s1. The van der Waals surface area contributed by atoms with Gasteiger partial charge in [-0.1, -0.05) is 32.1 Å². The predicted octanol–water partition coefficient (Wildman–Crippen LogP) is 2.55. The molecule has 0 bridgehead atoms. The number of hydrogen-bond acceptors (Lipinski definition) is 5. The average Bonchev–Trinajstić information content (AvgIpc) is 3.24. The molecule has 6 heteroatoms. The Balaban J connectivity index is 1.80. The molecule has 1 aliphatic heterocycles. The molecule has 3 atom stereocenters. The van der Waals surface area contributed by atoms with Crippen molar-refractivity contribution >= 4 is 5.97 Å². The van der Waals surface area contributed by atoms with Crippen molar-refractivity contribution < 1.29 is 28.8 Å². The highest BCUT2D eigenvalue weighted by Crippen LogP contribution is 2.27. The Morgan fingerprint density at radius 1 is 1.14 bits per heavy atom. The van der Waals surface area contributed by atoms with E-state index in [1.807, 2.05) is 6.92 Å². The summed E-state index contributed by atoms with van der Waals surface area (Å²) in [7, 11) is 1.57. The van der Waals surface area contributed by atoms with Gasteiger partial charge in [-0.05, 0) is 19.8 Å². The van der Waals surface area contributed by atoms with Crippen LogP contribution in [0.4, 0.5) is 0 Å². The fourth-order valence-electron chi connectivity index (χ4n) is 2.23. The molecule has 1 N–H and O–H groups in total. The molecule has 0 aromatic carbocycles. The summed E-state index contributed by atoms with van der Waals surface area (Å²) >= 11 is 0. The Hall–Kier alpha value is -0.690. The van der Waals surface area contributed by atoms with E-state index in [1.54, 1.807) is 7.11 Å². The van der Waals surface area contributed by atoms with Crippen molar-refractivity contribution in [1.82, 2.24) is 0 Å². The molecule has 0 radical (unpaired) electrons. The molecule has 0 aliphatic carbocycles. The molecule has 0 aromatic rings. The van der Waals surface area contributed by atoms with Crippen LogP contribution in [0, 0.1) is 0 Å². The van der Waals surface area contributed by atoms with Gasteiger partial charge in [0.05, 0.1) is 12.7 Å². The van der Waals surface area contributed by atoms with Crippen molar-refractivity contribution in [2.75, 3.05) is 20.3 Å². The van der Waals surface area contributed by atoms with E-state index in [-0.39, 0.29) is 6.10 Å². The Morgan fingerprint density at radius 2 is 1.81 bits per heavy atom. The summed E-state index contributed by atoms with van der Waals surface area (Å²) in [5.74, 6) is -0.832. The normalized spacial score (nSPS) is 22.2. The molecular weight excluding hydrogens is 276 g/mol. The maximum Gasteiger partial charge on any atom is 0.335 e. The largest absolute Gasteiger partial charge is 0.479 e. The van der Waals surface area contributed by atoms with Gasteiger partial charge in [0.2, 0.25) is 0 Å². The lowest BCUT2D eigenvalue weighted by Gasteiger charge is -2.15. The van der Waals surface area contributed by atoms with Gasteiger partial charge in [-0.3, -0.25) is 0 Å². The van der Waals surface area contributed by atoms with E-state index < -0.39 is 18.5 Å². The molecular formula is C15H28O6. The Kier molecular flexibility index (Phi) is 9.58. The molecule has 0 saturated carbocycles.